The van der Waals surface area contributed by atoms with Crippen molar-refractivity contribution in [2.24, 2.45) is 0 Å². The van der Waals surface area contributed by atoms with Crippen molar-refractivity contribution in [3.05, 3.63) is 28.3 Å². The minimum absolute atomic E-state index is 0.193. The van der Waals surface area contributed by atoms with Gasteiger partial charge in [0, 0.05) is 17.6 Å². The van der Waals surface area contributed by atoms with Crippen LogP contribution in [0.2, 0.25) is 5.02 Å². The third kappa shape index (κ3) is 4.87. The Bertz CT molecular complexity index is 453. The van der Waals surface area contributed by atoms with Crippen LogP contribution in [-0.4, -0.2) is 31.4 Å². The SMILES string of the molecule is Cc1cc(Cl)cc(C)c1OCC1CCC(CNC(C)C)O1. The van der Waals surface area contributed by atoms with Crippen LogP contribution in [0.25, 0.3) is 0 Å². The maximum atomic E-state index is 6.04. The van der Waals surface area contributed by atoms with Gasteiger partial charge in [-0.05, 0) is 49.9 Å². The molecule has 3 nitrogen and oxygen atoms in total. The monoisotopic (exact) mass is 311 g/mol. The first-order valence-electron chi connectivity index (χ1n) is 7.74. The van der Waals surface area contributed by atoms with Crippen LogP contribution in [0.3, 0.4) is 0 Å². The number of benzene rings is 1. The number of halogens is 1. The molecular formula is C17H26ClNO2. The van der Waals surface area contributed by atoms with E-state index in [-0.39, 0.29) is 6.10 Å². The minimum Gasteiger partial charge on any atom is -0.490 e. The lowest BCUT2D eigenvalue weighted by atomic mass is 10.1. The van der Waals surface area contributed by atoms with Gasteiger partial charge in [-0.25, -0.2) is 0 Å². The Labute approximate surface area is 133 Å². The van der Waals surface area contributed by atoms with E-state index in [2.05, 4.69) is 19.2 Å². The molecule has 0 spiro atoms. The number of aryl methyl sites for hydroxylation is 2. The summed E-state index contributed by atoms with van der Waals surface area (Å²) in [6.07, 6.45) is 2.68. The molecule has 2 rings (SSSR count). The molecule has 0 amide bonds. The molecule has 1 aromatic rings. The summed E-state index contributed by atoms with van der Waals surface area (Å²) in [6.45, 7) is 9.90. The summed E-state index contributed by atoms with van der Waals surface area (Å²) in [5.74, 6) is 0.937. The Morgan fingerprint density at radius 2 is 1.86 bits per heavy atom. The highest BCUT2D eigenvalue weighted by Crippen LogP contribution is 2.28. The lowest BCUT2D eigenvalue weighted by molar-refractivity contribution is 0.0176. The molecule has 1 saturated heterocycles. The fraction of sp³-hybridized carbons (Fsp3) is 0.647. The van der Waals surface area contributed by atoms with Crippen LogP contribution in [0.4, 0.5) is 0 Å². The van der Waals surface area contributed by atoms with Gasteiger partial charge in [0.15, 0.2) is 0 Å². The van der Waals surface area contributed by atoms with Crippen LogP contribution >= 0.6 is 11.6 Å². The molecule has 0 aromatic heterocycles. The lowest BCUT2D eigenvalue weighted by Crippen LogP contribution is -2.32. The molecule has 21 heavy (non-hydrogen) atoms. The Kier molecular flexibility index (Phi) is 5.91. The van der Waals surface area contributed by atoms with Gasteiger partial charge in [0.2, 0.25) is 0 Å². The van der Waals surface area contributed by atoms with E-state index in [0.717, 1.165) is 41.3 Å². The normalized spacial score (nSPS) is 22.0. The molecule has 1 N–H and O–H groups in total. The van der Waals surface area contributed by atoms with Gasteiger partial charge >= 0.3 is 0 Å². The van der Waals surface area contributed by atoms with Gasteiger partial charge < -0.3 is 14.8 Å². The van der Waals surface area contributed by atoms with Crippen molar-refractivity contribution in [1.82, 2.24) is 5.32 Å². The molecule has 1 aliphatic rings. The Morgan fingerprint density at radius 3 is 2.48 bits per heavy atom. The zero-order valence-corrected chi connectivity index (χ0v) is 14.2. The second kappa shape index (κ2) is 7.48. The van der Waals surface area contributed by atoms with Gasteiger partial charge in [0.1, 0.15) is 12.4 Å². The van der Waals surface area contributed by atoms with Gasteiger partial charge in [-0.2, -0.15) is 0 Å². The standard InChI is InChI=1S/C17H26ClNO2/c1-11(2)19-9-15-5-6-16(21-15)10-20-17-12(3)7-14(18)8-13(17)4/h7-8,11,15-16,19H,5-6,9-10H2,1-4H3. The quantitative estimate of drug-likeness (QED) is 0.865. The second-order valence-electron chi connectivity index (χ2n) is 6.20. The van der Waals surface area contributed by atoms with Crippen molar-refractivity contribution in [3.63, 3.8) is 0 Å². The molecule has 1 fully saturated rings. The summed E-state index contributed by atoms with van der Waals surface area (Å²) in [4.78, 5) is 0. The zero-order chi connectivity index (χ0) is 15.4. The number of hydrogen-bond acceptors (Lipinski definition) is 3. The summed E-state index contributed by atoms with van der Waals surface area (Å²) < 4.78 is 12.0. The second-order valence-corrected chi connectivity index (χ2v) is 6.64. The summed E-state index contributed by atoms with van der Waals surface area (Å²) in [7, 11) is 0. The van der Waals surface area contributed by atoms with Crippen molar-refractivity contribution in [3.8, 4) is 5.75 Å². The molecule has 1 aromatic carbocycles. The molecule has 0 aliphatic carbocycles. The van der Waals surface area contributed by atoms with Gasteiger partial charge in [-0.15, -0.1) is 0 Å². The van der Waals surface area contributed by atoms with Gasteiger partial charge in [-0.3, -0.25) is 0 Å². The van der Waals surface area contributed by atoms with Crippen LogP contribution in [0.15, 0.2) is 12.1 Å². The van der Waals surface area contributed by atoms with E-state index in [1.54, 1.807) is 0 Å². The molecule has 0 bridgehead atoms. The topological polar surface area (TPSA) is 30.5 Å². The van der Waals surface area contributed by atoms with E-state index in [1.807, 2.05) is 26.0 Å². The molecule has 0 radical (unpaired) electrons. The maximum Gasteiger partial charge on any atom is 0.125 e. The number of nitrogens with one attached hydrogen (secondary N) is 1. The smallest absolute Gasteiger partial charge is 0.125 e. The highest BCUT2D eigenvalue weighted by molar-refractivity contribution is 6.30. The summed E-state index contributed by atoms with van der Waals surface area (Å²) in [5, 5.41) is 4.18. The fourth-order valence-corrected chi connectivity index (χ4v) is 3.05. The average Bonchev–Trinajstić information content (AvgIpc) is 2.83. The summed E-state index contributed by atoms with van der Waals surface area (Å²) >= 11 is 6.04. The van der Waals surface area contributed by atoms with E-state index in [1.165, 1.54) is 0 Å². The molecule has 4 heteroatoms. The van der Waals surface area contributed by atoms with E-state index >= 15 is 0 Å². The number of rotatable bonds is 6. The fourth-order valence-electron chi connectivity index (χ4n) is 2.72. The third-order valence-corrected chi connectivity index (χ3v) is 4.01. The van der Waals surface area contributed by atoms with Crippen LogP contribution in [-0.2, 0) is 4.74 Å². The molecule has 0 saturated carbocycles. The van der Waals surface area contributed by atoms with Gasteiger partial charge in [0.05, 0.1) is 12.2 Å². The first-order chi connectivity index (χ1) is 9.95. The molecule has 2 unspecified atom stereocenters. The highest BCUT2D eigenvalue weighted by atomic mass is 35.5. The van der Waals surface area contributed by atoms with Crippen molar-refractivity contribution in [1.29, 1.82) is 0 Å². The molecule has 2 atom stereocenters. The predicted octanol–water partition coefficient (Wildman–Crippen LogP) is 3.88. The Balaban J connectivity index is 1.82. The Morgan fingerprint density at radius 1 is 1.24 bits per heavy atom. The van der Waals surface area contributed by atoms with E-state index in [4.69, 9.17) is 21.1 Å². The van der Waals surface area contributed by atoms with E-state index in [0.29, 0.717) is 18.8 Å². The van der Waals surface area contributed by atoms with Gasteiger partial charge in [-0.1, -0.05) is 25.4 Å². The van der Waals surface area contributed by atoms with Crippen molar-refractivity contribution in [2.75, 3.05) is 13.2 Å². The van der Waals surface area contributed by atoms with Gasteiger partial charge in [0.25, 0.3) is 0 Å². The summed E-state index contributed by atoms with van der Waals surface area (Å²) in [6, 6.07) is 4.38. The first kappa shape index (κ1) is 16.6. The molecule has 1 aliphatic heterocycles. The van der Waals surface area contributed by atoms with E-state index < -0.39 is 0 Å². The molecule has 1 heterocycles. The highest BCUT2D eigenvalue weighted by Gasteiger charge is 2.26. The van der Waals surface area contributed by atoms with Crippen molar-refractivity contribution in [2.45, 2.75) is 58.8 Å². The Hall–Kier alpha value is -0.770. The first-order valence-corrected chi connectivity index (χ1v) is 8.12. The number of ether oxygens (including phenoxy) is 2. The largest absolute Gasteiger partial charge is 0.490 e. The lowest BCUT2D eigenvalue weighted by Gasteiger charge is -2.18. The number of hydrogen-bond donors (Lipinski definition) is 1. The maximum absolute atomic E-state index is 6.04. The molecule has 118 valence electrons. The van der Waals surface area contributed by atoms with Crippen LogP contribution in [0.1, 0.15) is 37.8 Å². The average molecular weight is 312 g/mol. The molecular weight excluding hydrogens is 286 g/mol. The predicted molar refractivity (Wildman–Crippen MR) is 87.5 cm³/mol. The van der Waals surface area contributed by atoms with Crippen LogP contribution in [0, 0.1) is 13.8 Å². The third-order valence-electron chi connectivity index (χ3n) is 3.79. The zero-order valence-electron chi connectivity index (χ0n) is 13.4. The van der Waals surface area contributed by atoms with Crippen molar-refractivity contribution >= 4 is 11.6 Å². The van der Waals surface area contributed by atoms with Crippen LogP contribution in [0.5, 0.6) is 5.75 Å². The van der Waals surface area contributed by atoms with Crippen molar-refractivity contribution < 1.29 is 9.47 Å². The van der Waals surface area contributed by atoms with E-state index in [9.17, 15) is 0 Å². The summed E-state index contributed by atoms with van der Waals surface area (Å²) in [5.41, 5.74) is 2.16. The van der Waals surface area contributed by atoms with Crippen LogP contribution < -0.4 is 10.1 Å². The minimum atomic E-state index is 0.193.